The molecule has 0 saturated carbocycles. The first-order valence-electron chi connectivity index (χ1n) is 3.93. The molecule has 0 radical (unpaired) electrons. The molecule has 0 aliphatic carbocycles. The second-order valence-corrected chi connectivity index (χ2v) is 3.66. The SMILES string of the molecule is CC1(C)CCC(N=[N+]=[N-])CN1.Cl. The second-order valence-electron chi connectivity index (χ2n) is 3.66. The van der Waals surface area contributed by atoms with Gasteiger partial charge < -0.3 is 5.32 Å². The van der Waals surface area contributed by atoms with Gasteiger partial charge >= 0.3 is 0 Å². The summed E-state index contributed by atoms with van der Waals surface area (Å²) in [5.74, 6) is 0. The Morgan fingerprint density at radius 1 is 1.58 bits per heavy atom. The highest BCUT2D eigenvalue weighted by atomic mass is 35.5. The Balaban J connectivity index is 0.00000121. The van der Waals surface area contributed by atoms with Crippen LogP contribution in [0, 0.1) is 0 Å². The van der Waals surface area contributed by atoms with Crippen LogP contribution < -0.4 is 5.32 Å². The highest BCUT2D eigenvalue weighted by Crippen LogP contribution is 2.19. The van der Waals surface area contributed by atoms with Crippen molar-refractivity contribution in [2.24, 2.45) is 5.11 Å². The van der Waals surface area contributed by atoms with Crippen LogP contribution in [0.1, 0.15) is 26.7 Å². The average molecular weight is 191 g/mol. The summed E-state index contributed by atoms with van der Waals surface area (Å²) in [5, 5.41) is 7.00. The summed E-state index contributed by atoms with van der Waals surface area (Å²) in [6.07, 6.45) is 2.08. The van der Waals surface area contributed by atoms with E-state index in [-0.39, 0.29) is 24.0 Å². The third kappa shape index (κ3) is 3.30. The van der Waals surface area contributed by atoms with Gasteiger partial charge in [-0.15, -0.1) is 12.4 Å². The third-order valence-electron chi connectivity index (χ3n) is 2.13. The van der Waals surface area contributed by atoms with Gasteiger partial charge in [0.05, 0.1) is 0 Å². The van der Waals surface area contributed by atoms with E-state index in [0.29, 0.717) is 0 Å². The zero-order valence-electron chi connectivity index (χ0n) is 7.45. The highest BCUT2D eigenvalue weighted by Gasteiger charge is 2.24. The molecule has 1 rings (SSSR count). The number of hydrogen-bond acceptors (Lipinski definition) is 2. The van der Waals surface area contributed by atoms with Crippen molar-refractivity contribution in [3.63, 3.8) is 0 Å². The molecule has 12 heavy (non-hydrogen) atoms. The lowest BCUT2D eigenvalue weighted by molar-refractivity contribution is 0.281. The van der Waals surface area contributed by atoms with Gasteiger partial charge in [-0.05, 0) is 32.2 Å². The van der Waals surface area contributed by atoms with E-state index in [2.05, 4.69) is 29.2 Å². The van der Waals surface area contributed by atoms with Crippen LogP contribution in [0.25, 0.3) is 10.4 Å². The molecule has 5 heteroatoms. The van der Waals surface area contributed by atoms with Crippen molar-refractivity contribution in [1.82, 2.24) is 5.32 Å². The lowest BCUT2D eigenvalue weighted by Gasteiger charge is -2.33. The molecule has 1 aliphatic heterocycles. The summed E-state index contributed by atoms with van der Waals surface area (Å²) in [4.78, 5) is 2.79. The van der Waals surface area contributed by atoms with Crippen LogP contribution in [-0.4, -0.2) is 18.1 Å². The van der Waals surface area contributed by atoms with Gasteiger partial charge in [-0.2, -0.15) is 0 Å². The smallest absolute Gasteiger partial charge is 0.0499 e. The molecule has 1 atom stereocenters. The van der Waals surface area contributed by atoms with Crippen molar-refractivity contribution in [3.05, 3.63) is 10.4 Å². The second kappa shape index (κ2) is 4.55. The monoisotopic (exact) mass is 190 g/mol. The molecule has 0 bridgehead atoms. The molecular weight excluding hydrogens is 176 g/mol. The molecule has 1 unspecified atom stereocenters. The molecule has 0 aromatic carbocycles. The Hall–Kier alpha value is -0.440. The molecule has 0 aromatic rings. The van der Waals surface area contributed by atoms with Gasteiger partial charge in [0, 0.05) is 23.0 Å². The van der Waals surface area contributed by atoms with E-state index in [0.717, 1.165) is 19.4 Å². The number of hydrogen-bond donors (Lipinski definition) is 1. The van der Waals surface area contributed by atoms with Gasteiger partial charge in [0.1, 0.15) is 0 Å². The van der Waals surface area contributed by atoms with E-state index in [1.165, 1.54) is 0 Å². The number of azide groups is 1. The molecule has 0 spiro atoms. The minimum Gasteiger partial charge on any atom is -0.311 e. The standard InChI is InChI=1S/C7H14N4.ClH/c1-7(2)4-3-6(5-9-7)10-11-8;/h6,9H,3-5H2,1-2H3;1H. The molecule has 1 aliphatic rings. The summed E-state index contributed by atoms with van der Waals surface area (Å²) in [6.45, 7) is 5.15. The zero-order chi connectivity index (χ0) is 8.32. The number of nitrogens with one attached hydrogen (secondary N) is 1. The predicted molar refractivity (Wildman–Crippen MR) is 51.5 cm³/mol. The van der Waals surface area contributed by atoms with Gasteiger partial charge in [0.2, 0.25) is 0 Å². The highest BCUT2D eigenvalue weighted by molar-refractivity contribution is 5.85. The summed E-state index contributed by atoms with van der Waals surface area (Å²) < 4.78 is 0. The largest absolute Gasteiger partial charge is 0.311 e. The number of halogens is 1. The van der Waals surface area contributed by atoms with Crippen LogP contribution in [0.15, 0.2) is 5.11 Å². The molecule has 0 amide bonds. The maximum atomic E-state index is 8.18. The Kier molecular flexibility index (Phi) is 4.39. The molecule has 1 heterocycles. The molecule has 4 nitrogen and oxygen atoms in total. The van der Waals surface area contributed by atoms with Crippen LogP contribution >= 0.6 is 12.4 Å². The van der Waals surface area contributed by atoms with Gasteiger partial charge in [0.25, 0.3) is 0 Å². The van der Waals surface area contributed by atoms with Crippen molar-refractivity contribution in [2.45, 2.75) is 38.3 Å². The molecule has 1 saturated heterocycles. The molecule has 1 N–H and O–H groups in total. The van der Waals surface area contributed by atoms with Crippen LogP contribution in [0.2, 0.25) is 0 Å². The van der Waals surface area contributed by atoms with Crippen LogP contribution in [0.3, 0.4) is 0 Å². The van der Waals surface area contributed by atoms with Crippen LogP contribution in [-0.2, 0) is 0 Å². The summed E-state index contributed by atoms with van der Waals surface area (Å²) in [5.41, 5.74) is 8.40. The van der Waals surface area contributed by atoms with Crippen molar-refractivity contribution in [3.8, 4) is 0 Å². The Morgan fingerprint density at radius 2 is 2.25 bits per heavy atom. The quantitative estimate of drug-likeness (QED) is 0.385. The number of piperidine rings is 1. The van der Waals surface area contributed by atoms with E-state index in [9.17, 15) is 0 Å². The van der Waals surface area contributed by atoms with Crippen molar-refractivity contribution >= 4 is 12.4 Å². The number of nitrogens with zero attached hydrogens (tertiary/aromatic N) is 3. The Labute approximate surface area is 78.8 Å². The fourth-order valence-electron chi connectivity index (χ4n) is 1.28. The zero-order valence-corrected chi connectivity index (χ0v) is 8.27. The lowest BCUT2D eigenvalue weighted by Crippen LogP contribution is -2.47. The predicted octanol–water partition coefficient (Wildman–Crippen LogP) is 2.25. The van der Waals surface area contributed by atoms with Gasteiger partial charge in [0.15, 0.2) is 0 Å². The fourth-order valence-corrected chi connectivity index (χ4v) is 1.28. The molecule has 1 fully saturated rings. The van der Waals surface area contributed by atoms with Gasteiger partial charge in [-0.1, -0.05) is 5.11 Å². The van der Waals surface area contributed by atoms with Crippen molar-refractivity contribution in [2.75, 3.05) is 6.54 Å². The average Bonchev–Trinajstić information content (AvgIpc) is 1.94. The molecule has 0 aromatic heterocycles. The first-order chi connectivity index (χ1) is 5.14. The van der Waals surface area contributed by atoms with E-state index in [1.807, 2.05) is 0 Å². The summed E-state index contributed by atoms with van der Waals surface area (Å²) >= 11 is 0. The lowest BCUT2D eigenvalue weighted by atomic mass is 9.91. The maximum absolute atomic E-state index is 8.18. The normalized spacial score (nSPS) is 26.7. The number of rotatable bonds is 1. The molecule has 70 valence electrons. The topological polar surface area (TPSA) is 60.8 Å². The van der Waals surface area contributed by atoms with Crippen LogP contribution in [0.5, 0.6) is 0 Å². The van der Waals surface area contributed by atoms with E-state index in [1.54, 1.807) is 0 Å². The summed E-state index contributed by atoms with van der Waals surface area (Å²) in [7, 11) is 0. The van der Waals surface area contributed by atoms with Gasteiger partial charge in [-0.3, -0.25) is 0 Å². The van der Waals surface area contributed by atoms with Crippen molar-refractivity contribution in [1.29, 1.82) is 0 Å². The van der Waals surface area contributed by atoms with E-state index < -0.39 is 0 Å². The van der Waals surface area contributed by atoms with E-state index >= 15 is 0 Å². The van der Waals surface area contributed by atoms with Gasteiger partial charge in [-0.25, -0.2) is 0 Å². The Morgan fingerprint density at radius 3 is 2.67 bits per heavy atom. The minimum atomic E-state index is 0. The van der Waals surface area contributed by atoms with E-state index in [4.69, 9.17) is 5.53 Å². The third-order valence-corrected chi connectivity index (χ3v) is 2.13. The summed E-state index contributed by atoms with van der Waals surface area (Å²) in [6, 6.07) is 0.160. The minimum absolute atomic E-state index is 0. The van der Waals surface area contributed by atoms with Crippen LogP contribution in [0.4, 0.5) is 0 Å². The molecular formula is C7H15ClN4. The van der Waals surface area contributed by atoms with Crippen molar-refractivity contribution < 1.29 is 0 Å². The Bertz CT molecular complexity index is 176. The first kappa shape index (κ1) is 11.6. The first-order valence-corrected chi connectivity index (χ1v) is 3.93. The fraction of sp³-hybridized carbons (Fsp3) is 1.00. The maximum Gasteiger partial charge on any atom is 0.0499 e.